The minimum absolute atomic E-state index is 0.00402. The number of para-hydroxylation sites is 1. The zero-order valence-electron chi connectivity index (χ0n) is 25.6. The van der Waals surface area contributed by atoms with Gasteiger partial charge in [0, 0.05) is 19.9 Å². The van der Waals surface area contributed by atoms with Crippen molar-refractivity contribution >= 4 is 23.4 Å². The lowest BCUT2D eigenvalue weighted by molar-refractivity contribution is -0.151. The van der Waals surface area contributed by atoms with Crippen LogP contribution in [0.2, 0.25) is 0 Å². The van der Waals surface area contributed by atoms with E-state index < -0.39 is 18.1 Å². The third kappa shape index (κ3) is 7.45. The number of likely N-dealkylation sites (N-methyl/N-ethyl adjacent to an activating group) is 1. The molecule has 0 spiro atoms. The van der Waals surface area contributed by atoms with Crippen LogP contribution >= 0.6 is 0 Å². The number of ether oxygens (including phenoxy) is 3. The largest absolute Gasteiger partial charge is 0.492 e. The molecule has 0 saturated carbocycles. The number of hydrogen-bond donors (Lipinski definition) is 0. The van der Waals surface area contributed by atoms with Crippen molar-refractivity contribution in [1.29, 1.82) is 0 Å². The average molecular weight is 597 g/mol. The number of carbonyl (C=O) groups excluding carboxylic acids is 2. The summed E-state index contributed by atoms with van der Waals surface area (Å²) in [5.41, 5.74) is 2.97. The van der Waals surface area contributed by atoms with Gasteiger partial charge < -0.3 is 14.2 Å². The first-order valence-electron chi connectivity index (χ1n) is 15.3. The van der Waals surface area contributed by atoms with Gasteiger partial charge in [-0.25, -0.2) is 4.79 Å². The molecule has 0 saturated heterocycles. The van der Waals surface area contributed by atoms with Gasteiger partial charge in [-0.2, -0.15) is 5.10 Å². The van der Waals surface area contributed by atoms with Crippen LogP contribution in [0.15, 0.2) is 95.0 Å². The number of rotatable bonds is 14. The van der Waals surface area contributed by atoms with Crippen LogP contribution in [-0.2, 0) is 27.2 Å². The molecule has 0 aromatic heterocycles. The first kappa shape index (κ1) is 30.8. The molecule has 0 radical (unpaired) electrons. The number of nitrogens with zero attached hydrogens (tertiary/aromatic N) is 4. The van der Waals surface area contributed by atoms with E-state index in [1.807, 2.05) is 79.8 Å². The van der Waals surface area contributed by atoms with Gasteiger partial charge in [-0.1, -0.05) is 74.0 Å². The fourth-order valence-electron chi connectivity index (χ4n) is 5.54. The second-order valence-electron chi connectivity index (χ2n) is 10.9. The van der Waals surface area contributed by atoms with Gasteiger partial charge in [-0.15, -0.1) is 0 Å². The van der Waals surface area contributed by atoms with E-state index >= 15 is 0 Å². The second kappa shape index (κ2) is 14.7. The highest BCUT2D eigenvalue weighted by Crippen LogP contribution is 2.27. The van der Waals surface area contributed by atoms with Crippen molar-refractivity contribution in [2.45, 2.75) is 57.7 Å². The smallest absolute Gasteiger partial charge is 0.347 e. The van der Waals surface area contributed by atoms with Crippen LogP contribution in [0.3, 0.4) is 0 Å². The molecule has 2 aliphatic rings. The zero-order valence-corrected chi connectivity index (χ0v) is 25.6. The molecule has 0 bridgehead atoms. The molecule has 0 aliphatic carbocycles. The van der Waals surface area contributed by atoms with E-state index in [-0.39, 0.29) is 18.6 Å². The number of hydrazone groups is 1. The lowest BCUT2D eigenvalue weighted by Crippen LogP contribution is -2.57. The standard InChI is InChI=1S/C35H40N4O5/c1-4-12-29-32-33(38(3)37-29)34(40)39(31(36-32)24-25-13-8-6-9-14-25)21-22-43-27-19-17-26(18-20-27)23-30(35(41)42-5-2)44-28-15-10-7-11-16-28/h6-11,13-20,30,32-33H,4-5,12,21-24H2,1-3H3/t30-,32?,33?/m1/s1. The number of carbonyl (C=O) groups is 2. The van der Waals surface area contributed by atoms with E-state index in [0.717, 1.165) is 35.5 Å². The minimum Gasteiger partial charge on any atom is -0.492 e. The molecule has 1 amide bonds. The van der Waals surface area contributed by atoms with Crippen molar-refractivity contribution in [3.63, 3.8) is 0 Å². The van der Waals surface area contributed by atoms with E-state index in [1.165, 1.54) is 0 Å². The molecule has 9 heteroatoms. The van der Waals surface area contributed by atoms with Gasteiger partial charge in [0.15, 0.2) is 12.1 Å². The van der Waals surface area contributed by atoms with E-state index in [9.17, 15) is 9.59 Å². The summed E-state index contributed by atoms with van der Waals surface area (Å²) in [6.07, 6.45) is 1.91. The molecule has 230 valence electrons. The first-order valence-corrected chi connectivity index (χ1v) is 15.3. The SMILES string of the molecule is CCCC1=NN(C)C2C(=O)N(CCOc3ccc(C[C@@H](Oc4ccccc4)C(=O)OCC)cc3)C(Cc3ccccc3)=NC12. The summed E-state index contributed by atoms with van der Waals surface area (Å²) < 4.78 is 17.3. The van der Waals surface area contributed by atoms with Crippen molar-refractivity contribution in [2.24, 2.45) is 10.1 Å². The number of fused-ring (bicyclic) bond motifs is 1. The molecule has 5 rings (SSSR count). The van der Waals surface area contributed by atoms with Crippen molar-refractivity contribution < 1.29 is 23.8 Å². The zero-order chi connectivity index (χ0) is 30.9. The Morgan fingerprint density at radius 1 is 0.909 bits per heavy atom. The maximum Gasteiger partial charge on any atom is 0.347 e. The molecule has 44 heavy (non-hydrogen) atoms. The van der Waals surface area contributed by atoms with Gasteiger partial charge in [-0.3, -0.25) is 19.7 Å². The summed E-state index contributed by atoms with van der Waals surface area (Å²) in [6, 6.07) is 26.2. The average Bonchev–Trinajstić information content (AvgIpc) is 3.35. The van der Waals surface area contributed by atoms with Crippen LogP contribution in [-0.4, -0.2) is 78.3 Å². The maximum absolute atomic E-state index is 13.8. The summed E-state index contributed by atoms with van der Waals surface area (Å²) in [5, 5.41) is 6.44. The number of aliphatic imine (C=N–C) groups is 1. The van der Waals surface area contributed by atoms with Gasteiger partial charge >= 0.3 is 5.97 Å². The van der Waals surface area contributed by atoms with Crippen LogP contribution < -0.4 is 9.47 Å². The third-order valence-corrected chi connectivity index (χ3v) is 7.66. The molecule has 9 nitrogen and oxygen atoms in total. The van der Waals surface area contributed by atoms with Crippen LogP contribution in [0.1, 0.15) is 37.8 Å². The summed E-state index contributed by atoms with van der Waals surface area (Å²) in [6.45, 7) is 4.83. The number of hydrogen-bond acceptors (Lipinski definition) is 8. The Balaban J connectivity index is 1.24. The van der Waals surface area contributed by atoms with Gasteiger partial charge in [0.2, 0.25) is 0 Å². The Morgan fingerprint density at radius 3 is 2.30 bits per heavy atom. The number of esters is 1. The molecular weight excluding hydrogens is 556 g/mol. The number of benzene rings is 3. The van der Waals surface area contributed by atoms with E-state index in [4.69, 9.17) is 19.2 Å². The lowest BCUT2D eigenvalue weighted by atomic mass is 9.97. The lowest BCUT2D eigenvalue weighted by Gasteiger charge is -2.35. The molecule has 0 N–H and O–H groups in total. The highest BCUT2D eigenvalue weighted by atomic mass is 16.6. The first-order chi connectivity index (χ1) is 21.5. The van der Waals surface area contributed by atoms with Crippen LogP contribution in [0.4, 0.5) is 0 Å². The minimum atomic E-state index is -0.768. The Labute approximate surface area is 259 Å². The van der Waals surface area contributed by atoms with Crippen LogP contribution in [0, 0.1) is 0 Å². The van der Waals surface area contributed by atoms with Crippen molar-refractivity contribution in [3.8, 4) is 11.5 Å². The molecule has 3 atom stereocenters. The van der Waals surface area contributed by atoms with E-state index in [2.05, 4.69) is 24.2 Å². The molecule has 2 aliphatic heterocycles. The molecule has 2 heterocycles. The Hall–Kier alpha value is -4.66. The third-order valence-electron chi connectivity index (χ3n) is 7.66. The summed E-state index contributed by atoms with van der Waals surface area (Å²) in [7, 11) is 1.85. The number of amides is 1. The quantitative estimate of drug-likeness (QED) is 0.245. The van der Waals surface area contributed by atoms with Crippen molar-refractivity contribution in [1.82, 2.24) is 9.91 Å². The summed E-state index contributed by atoms with van der Waals surface area (Å²) in [4.78, 5) is 33.3. The van der Waals surface area contributed by atoms with E-state index in [0.29, 0.717) is 37.5 Å². The van der Waals surface area contributed by atoms with Gasteiger partial charge in [0.1, 0.15) is 30.0 Å². The topological polar surface area (TPSA) is 93.0 Å². The maximum atomic E-state index is 13.8. The second-order valence-corrected chi connectivity index (χ2v) is 10.9. The number of amidine groups is 1. The highest BCUT2D eigenvalue weighted by Gasteiger charge is 2.46. The van der Waals surface area contributed by atoms with Crippen molar-refractivity contribution in [2.75, 3.05) is 26.8 Å². The molecule has 0 fully saturated rings. The highest BCUT2D eigenvalue weighted by molar-refractivity contribution is 6.09. The summed E-state index contributed by atoms with van der Waals surface area (Å²) >= 11 is 0. The van der Waals surface area contributed by atoms with Gasteiger partial charge in [-0.05, 0) is 48.7 Å². The van der Waals surface area contributed by atoms with Gasteiger partial charge in [0.05, 0.1) is 18.9 Å². The predicted octanol–water partition coefficient (Wildman–Crippen LogP) is 4.94. The monoisotopic (exact) mass is 596 g/mol. The Bertz CT molecular complexity index is 1460. The van der Waals surface area contributed by atoms with Crippen LogP contribution in [0.25, 0.3) is 0 Å². The van der Waals surface area contributed by atoms with Crippen LogP contribution in [0.5, 0.6) is 11.5 Å². The van der Waals surface area contributed by atoms with E-state index in [1.54, 1.807) is 16.8 Å². The molecule has 2 unspecified atom stereocenters. The Kier molecular flexibility index (Phi) is 10.3. The molecule has 3 aromatic carbocycles. The Morgan fingerprint density at radius 2 is 1.61 bits per heavy atom. The fourth-order valence-corrected chi connectivity index (χ4v) is 5.54. The summed E-state index contributed by atoms with van der Waals surface area (Å²) in [5.74, 6) is 1.61. The normalized spacial score (nSPS) is 18.3. The molecule has 3 aromatic rings. The van der Waals surface area contributed by atoms with Crippen molar-refractivity contribution in [3.05, 3.63) is 96.1 Å². The van der Waals surface area contributed by atoms with Gasteiger partial charge in [0.25, 0.3) is 5.91 Å². The predicted molar refractivity (Wildman–Crippen MR) is 170 cm³/mol. The fraction of sp³-hybridized carbons (Fsp3) is 0.371. The molecular formula is C35H40N4O5.